The molecular formula is C23H24N2O4. The summed E-state index contributed by atoms with van der Waals surface area (Å²) in [5.74, 6) is -0.309. The van der Waals surface area contributed by atoms with E-state index in [4.69, 9.17) is 4.74 Å². The number of esters is 1. The molecule has 6 heteroatoms. The van der Waals surface area contributed by atoms with E-state index in [-0.39, 0.29) is 29.8 Å². The summed E-state index contributed by atoms with van der Waals surface area (Å²) in [5, 5.41) is 1.22. The molecule has 1 amide bonds. The number of benzene rings is 2. The molecule has 4 rings (SSSR count). The number of hydrogen-bond acceptors (Lipinski definition) is 4. The third-order valence-electron chi connectivity index (χ3n) is 5.64. The Morgan fingerprint density at radius 3 is 2.07 bits per heavy atom. The summed E-state index contributed by atoms with van der Waals surface area (Å²) in [6.45, 7) is 3.42. The summed E-state index contributed by atoms with van der Waals surface area (Å²) in [6.07, 6.45) is 1.24. The van der Waals surface area contributed by atoms with Gasteiger partial charge in [-0.05, 0) is 44.0 Å². The molecule has 0 aliphatic carbocycles. The highest BCUT2D eigenvalue weighted by atomic mass is 16.5. The van der Waals surface area contributed by atoms with Crippen molar-refractivity contribution in [2.45, 2.75) is 26.3 Å². The first-order chi connectivity index (χ1) is 14.1. The number of carbonyl (C=O) groups excluding carboxylic acids is 2. The van der Waals surface area contributed by atoms with Gasteiger partial charge in [0.15, 0.2) is 5.43 Å². The lowest BCUT2D eigenvalue weighted by molar-refractivity contribution is -0.151. The number of fused-ring (bicyclic) bond motifs is 2. The van der Waals surface area contributed by atoms with Crippen LogP contribution in [0.15, 0.2) is 53.3 Å². The molecule has 1 aliphatic heterocycles. The number of likely N-dealkylation sites (tertiary alicyclic amines) is 1. The van der Waals surface area contributed by atoms with Crippen molar-refractivity contribution in [2.24, 2.45) is 5.92 Å². The molecule has 6 nitrogen and oxygen atoms in total. The maximum atomic E-state index is 13.1. The lowest BCUT2D eigenvalue weighted by atomic mass is 9.97. The predicted molar refractivity (Wildman–Crippen MR) is 112 cm³/mol. The zero-order chi connectivity index (χ0) is 20.4. The van der Waals surface area contributed by atoms with Gasteiger partial charge in [-0.3, -0.25) is 14.4 Å². The maximum Gasteiger partial charge on any atom is 0.309 e. The van der Waals surface area contributed by atoms with Crippen LogP contribution in [0.5, 0.6) is 0 Å². The van der Waals surface area contributed by atoms with Crippen molar-refractivity contribution in [1.29, 1.82) is 0 Å². The second kappa shape index (κ2) is 8.07. The predicted octanol–water partition coefficient (Wildman–Crippen LogP) is 2.96. The van der Waals surface area contributed by atoms with Gasteiger partial charge in [-0.1, -0.05) is 24.3 Å². The topological polar surface area (TPSA) is 68.6 Å². The summed E-state index contributed by atoms with van der Waals surface area (Å²) in [5.41, 5.74) is 1.49. The van der Waals surface area contributed by atoms with Crippen LogP contribution in [0.2, 0.25) is 0 Å². The Morgan fingerprint density at radius 2 is 1.52 bits per heavy atom. The van der Waals surface area contributed by atoms with E-state index in [1.165, 1.54) is 0 Å². The van der Waals surface area contributed by atoms with E-state index >= 15 is 0 Å². The first-order valence-electron chi connectivity index (χ1n) is 10.0. The lowest BCUT2D eigenvalue weighted by Gasteiger charge is -2.31. The van der Waals surface area contributed by atoms with Gasteiger partial charge in [-0.15, -0.1) is 0 Å². The van der Waals surface area contributed by atoms with Crippen molar-refractivity contribution in [2.75, 3.05) is 19.7 Å². The van der Waals surface area contributed by atoms with Crippen molar-refractivity contribution in [1.82, 2.24) is 9.47 Å². The van der Waals surface area contributed by atoms with E-state index in [0.717, 1.165) is 11.0 Å². The molecule has 2 heterocycles. The fourth-order valence-corrected chi connectivity index (χ4v) is 4.11. The van der Waals surface area contributed by atoms with Crippen LogP contribution in [0.3, 0.4) is 0 Å². The number of amides is 1. The minimum absolute atomic E-state index is 0.00809. The first kappa shape index (κ1) is 19.2. The molecule has 0 atom stereocenters. The van der Waals surface area contributed by atoms with E-state index in [1.54, 1.807) is 24.0 Å². The Kier molecular flexibility index (Phi) is 5.34. The summed E-state index contributed by atoms with van der Waals surface area (Å²) >= 11 is 0. The molecule has 3 aromatic rings. The first-order valence-corrected chi connectivity index (χ1v) is 10.0. The van der Waals surface area contributed by atoms with Crippen LogP contribution in [0.1, 0.15) is 19.8 Å². The third-order valence-corrected chi connectivity index (χ3v) is 5.64. The maximum absolute atomic E-state index is 13.1. The van der Waals surface area contributed by atoms with Crippen molar-refractivity contribution in [3.8, 4) is 0 Å². The molecule has 0 saturated carbocycles. The molecule has 1 fully saturated rings. The second-order valence-corrected chi connectivity index (χ2v) is 7.36. The highest BCUT2D eigenvalue weighted by Gasteiger charge is 2.28. The van der Waals surface area contributed by atoms with E-state index in [1.807, 2.05) is 41.0 Å². The van der Waals surface area contributed by atoms with E-state index in [2.05, 4.69) is 0 Å². The number of piperidine rings is 1. The highest BCUT2D eigenvalue weighted by molar-refractivity contribution is 5.94. The smallest absolute Gasteiger partial charge is 0.309 e. The van der Waals surface area contributed by atoms with Gasteiger partial charge in [0.25, 0.3) is 0 Å². The van der Waals surface area contributed by atoms with E-state index in [9.17, 15) is 14.4 Å². The Labute approximate surface area is 168 Å². The average Bonchev–Trinajstić information content (AvgIpc) is 2.77. The van der Waals surface area contributed by atoms with Crippen molar-refractivity contribution < 1.29 is 14.3 Å². The number of rotatable bonds is 4. The van der Waals surface area contributed by atoms with Crippen LogP contribution in [0.25, 0.3) is 21.8 Å². The van der Waals surface area contributed by atoms with Crippen LogP contribution in [-0.4, -0.2) is 41.0 Å². The molecule has 0 spiro atoms. The molecule has 29 heavy (non-hydrogen) atoms. The number of para-hydroxylation sites is 2. The van der Waals surface area contributed by atoms with E-state index in [0.29, 0.717) is 43.3 Å². The molecule has 0 bridgehead atoms. The van der Waals surface area contributed by atoms with Gasteiger partial charge in [0, 0.05) is 23.9 Å². The zero-order valence-corrected chi connectivity index (χ0v) is 16.5. The lowest BCUT2D eigenvalue weighted by Crippen LogP contribution is -2.42. The quantitative estimate of drug-likeness (QED) is 0.506. The monoisotopic (exact) mass is 392 g/mol. The number of ether oxygens (including phenoxy) is 1. The largest absolute Gasteiger partial charge is 0.466 e. The van der Waals surface area contributed by atoms with Gasteiger partial charge in [0.1, 0.15) is 6.54 Å². The SMILES string of the molecule is CCOC(=O)C1CCN(C(=O)Cn2c3ccccc3c(=O)c3ccccc32)CC1. The van der Waals surface area contributed by atoms with Gasteiger partial charge in [0.05, 0.1) is 23.6 Å². The average molecular weight is 392 g/mol. The number of hydrogen-bond donors (Lipinski definition) is 0. The molecule has 1 saturated heterocycles. The summed E-state index contributed by atoms with van der Waals surface area (Å²) < 4.78 is 7.03. The van der Waals surface area contributed by atoms with Gasteiger partial charge in [-0.2, -0.15) is 0 Å². The van der Waals surface area contributed by atoms with Crippen LogP contribution in [-0.2, 0) is 20.9 Å². The highest BCUT2D eigenvalue weighted by Crippen LogP contribution is 2.22. The normalized spacial score (nSPS) is 15.0. The Morgan fingerprint density at radius 1 is 0.966 bits per heavy atom. The molecule has 1 aromatic heterocycles. The zero-order valence-electron chi connectivity index (χ0n) is 16.5. The minimum Gasteiger partial charge on any atom is -0.466 e. The Bertz CT molecular complexity index is 1070. The van der Waals surface area contributed by atoms with Crippen LogP contribution in [0, 0.1) is 5.92 Å². The molecule has 2 aromatic carbocycles. The standard InChI is InChI=1S/C23H24N2O4/c1-2-29-23(28)16-11-13-24(14-12-16)21(26)15-25-19-9-5-3-7-17(19)22(27)18-8-4-6-10-20(18)25/h3-10,16H,2,11-15H2,1H3. The molecular weight excluding hydrogens is 368 g/mol. The Balaban J connectivity index is 1.61. The van der Waals surface area contributed by atoms with E-state index < -0.39 is 0 Å². The fourth-order valence-electron chi connectivity index (χ4n) is 4.11. The molecule has 0 radical (unpaired) electrons. The summed E-state index contributed by atoms with van der Waals surface area (Å²) in [6, 6.07) is 14.8. The van der Waals surface area contributed by atoms with Gasteiger partial charge in [-0.25, -0.2) is 0 Å². The van der Waals surface area contributed by atoms with Crippen LogP contribution >= 0.6 is 0 Å². The Hall–Kier alpha value is -3.15. The van der Waals surface area contributed by atoms with Crippen LogP contribution < -0.4 is 5.43 Å². The second-order valence-electron chi connectivity index (χ2n) is 7.36. The van der Waals surface area contributed by atoms with Crippen molar-refractivity contribution in [3.63, 3.8) is 0 Å². The van der Waals surface area contributed by atoms with Crippen LogP contribution in [0.4, 0.5) is 0 Å². The number of pyridine rings is 1. The molecule has 150 valence electrons. The molecule has 0 N–H and O–H groups in total. The van der Waals surface area contributed by atoms with Crippen molar-refractivity contribution >= 4 is 33.7 Å². The summed E-state index contributed by atoms with van der Waals surface area (Å²) in [4.78, 5) is 39.6. The number of carbonyl (C=O) groups is 2. The van der Waals surface area contributed by atoms with Crippen molar-refractivity contribution in [3.05, 3.63) is 58.8 Å². The summed E-state index contributed by atoms with van der Waals surface area (Å²) in [7, 11) is 0. The van der Waals surface area contributed by atoms with Gasteiger partial charge < -0.3 is 14.2 Å². The molecule has 0 unspecified atom stereocenters. The van der Waals surface area contributed by atoms with Gasteiger partial charge in [0.2, 0.25) is 5.91 Å². The number of aromatic nitrogens is 1. The fraction of sp³-hybridized carbons (Fsp3) is 0.348. The minimum atomic E-state index is -0.169. The third kappa shape index (κ3) is 3.62. The molecule has 1 aliphatic rings. The van der Waals surface area contributed by atoms with Gasteiger partial charge >= 0.3 is 5.97 Å². The number of nitrogens with zero attached hydrogens (tertiary/aromatic N) is 2.